The maximum absolute atomic E-state index is 12.7. The lowest BCUT2D eigenvalue weighted by Crippen LogP contribution is -2.44. The van der Waals surface area contributed by atoms with E-state index in [0.29, 0.717) is 23.8 Å². The summed E-state index contributed by atoms with van der Waals surface area (Å²) in [6.07, 6.45) is 12.0. The summed E-state index contributed by atoms with van der Waals surface area (Å²) < 4.78 is 0. The van der Waals surface area contributed by atoms with Crippen LogP contribution in [0.1, 0.15) is 38.5 Å². The lowest BCUT2D eigenvalue weighted by atomic mass is 9.87. The molecule has 1 aliphatic carbocycles. The van der Waals surface area contributed by atoms with E-state index in [0.717, 1.165) is 83.6 Å². The monoisotopic (exact) mass is 549 g/mol. The van der Waals surface area contributed by atoms with Crippen molar-refractivity contribution in [3.63, 3.8) is 0 Å². The minimum Gasteiger partial charge on any atom is -0.367 e. The van der Waals surface area contributed by atoms with Crippen molar-refractivity contribution < 1.29 is 4.79 Å². The number of fused-ring (bicyclic) bond motifs is 2. The molecule has 1 amide bonds. The van der Waals surface area contributed by atoms with Gasteiger partial charge in [-0.15, -0.1) is 0 Å². The fourth-order valence-corrected chi connectivity index (χ4v) is 6.23. The Kier molecular flexibility index (Phi) is 6.84. The summed E-state index contributed by atoms with van der Waals surface area (Å²) in [7, 11) is 2.16. The van der Waals surface area contributed by atoms with E-state index in [-0.39, 0.29) is 5.91 Å². The number of carbonyl (C=O) groups is 1. The standard InChI is InChI=1S/C31H35N9O/c1-39-11-13-40(14-12-39)26-9-10-33-30-29(26)35-31(36-30)28-24-17-21(7-8-25(24)37-38-28)22-16-23(19-32-18-22)34-27(41)15-20-5-3-2-4-6-20/h7-10,16-20H,2-6,11-15H2,1H3,(H,34,41)(H,37,38)(H,33,35,36). The van der Waals surface area contributed by atoms with Crippen LogP contribution in [0.4, 0.5) is 11.4 Å². The van der Waals surface area contributed by atoms with Gasteiger partial charge in [-0.1, -0.05) is 25.3 Å². The Morgan fingerprint density at radius 1 is 1.02 bits per heavy atom. The summed E-state index contributed by atoms with van der Waals surface area (Å²) >= 11 is 0. The maximum Gasteiger partial charge on any atom is 0.224 e. The fraction of sp³-hybridized carbons (Fsp3) is 0.387. The Morgan fingerprint density at radius 3 is 2.73 bits per heavy atom. The first-order valence-electron chi connectivity index (χ1n) is 14.6. The number of pyridine rings is 2. The van der Waals surface area contributed by atoms with Crippen LogP contribution in [0.25, 0.3) is 44.7 Å². The van der Waals surface area contributed by atoms with Crippen LogP contribution in [0, 0.1) is 5.92 Å². The minimum absolute atomic E-state index is 0.0675. The van der Waals surface area contributed by atoms with Gasteiger partial charge in [-0.3, -0.25) is 14.9 Å². The zero-order chi connectivity index (χ0) is 27.8. The molecule has 0 unspecified atom stereocenters. The average molecular weight is 550 g/mol. The van der Waals surface area contributed by atoms with Crippen molar-refractivity contribution in [3.05, 3.63) is 48.9 Å². The first kappa shape index (κ1) is 25.6. The lowest BCUT2D eigenvalue weighted by Gasteiger charge is -2.34. The molecule has 5 heterocycles. The van der Waals surface area contributed by atoms with Gasteiger partial charge >= 0.3 is 0 Å². The van der Waals surface area contributed by atoms with E-state index in [2.05, 4.69) is 59.4 Å². The van der Waals surface area contributed by atoms with Crippen LogP contribution in [0.15, 0.2) is 48.9 Å². The third-order valence-corrected chi connectivity index (χ3v) is 8.56. The molecule has 1 saturated carbocycles. The van der Waals surface area contributed by atoms with E-state index in [1.165, 1.54) is 19.3 Å². The third-order valence-electron chi connectivity index (χ3n) is 8.56. The van der Waals surface area contributed by atoms with Gasteiger partial charge in [0.25, 0.3) is 0 Å². The molecule has 7 rings (SSSR count). The van der Waals surface area contributed by atoms with E-state index in [4.69, 9.17) is 4.98 Å². The van der Waals surface area contributed by atoms with Crippen molar-refractivity contribution >= 4 is 39.3 Å². The summed E-state index contributed by atoms with van der Waals surface area (Å²) in [6, 6.07) is 10.2. The van der Waals surface area contributed by atoms with Gasteiger partial charge in [-0.2, -0.15) is 5.10 Å². The minimum atomic E-state index is 0.0675. The van der Waals surface area contributed by atoms with Gasteiger partial charge in [-0.05, 0) is 55.6 Å². The molecule has 0 bridgehead atoms. The highest BCUT2D eigenvalue weighted by Crippen LogP contribution is 2.33. The molecule has 0 radical (unpaired) electrons. The molecule has 1 aromatic carbocycles. The summed E-state index contributed by atoms with van der Waals surface area (Å²) in [5, 5.41) is 11.8. The molecule has 1 aliphatic heterocycles. The predicted octanol–water partition coefficient (Wildman–Crippen LogP) is 5.22. The van der Waals surface area contributed by atoms with Gasteiger partial charge in [-0.25, -0.2) is 9.97 Å². The molecule has 10 nitrogen and oxygen atoms in total. The van der Waals surface area contributed by atoms with Gasteiger partial charge in [0.2, 0.25) is 5.91 Å². The number of rotatable bonds is 6. The maximum atomic E-state index is 12.7. The van der Waals surface area contributed by atoms with Crippen molar-refractivity contribution in [2.75, 3.05) is 43.4 Å². The molecule has 0 spiro atoms. The molecule has 4 aromatic heterocycles. The van der Waals surface area contributed by atoms with Gasteiger partial charge in [0.15, 0.2) is 11.5 Å². The highest BCUT2D eigenvalue weighted by atomic mass is 16.1. The summed E-state index contributed by atoms with van der Waals surface area (Å²) in [6.45, 7) is 3.98. The topological polar surface area (TPSA) is 119 Å². The van der Waals surface area contributed by atoms with Gasteiger partial charge in [0.05, 0.1) is 23.1 Å². The smallest absolute Gasteiger partial charge is 0.224 e. The van der Waals surface area contributed by atoms with E-state index < -0.39 is 0 Å². The highest BCUT2D eigenvalue weighted by molar-refractivity contribution is 5.97. The molecule has 41 heavy (non-hydrogen) atoms. The number of H-pyrrole nitrogens is 2. The number of amides is 1. The zero-order valence-electron chi connectivity index (χ0n) is 23.4. The molecule has 2 fully saturated rings. The predicted molar refractivity (Wildman–Crippen MR) is 162 cm³/mol. The second-order valence-corrected chi connectivity index (χ2v) is 11.5. The van der Waals surface area contributed by atoms with E-state index >= 15 is 0 Å². The number of piperazine rings is 1. The van der Waals surface area contributed by atoms with E-state index in [1.807, 2.05) is 30.6 Å². The van der Waals surface area contributed by atoms with Crippen molar-refractivity contribution in [1.82, 2.24) is 35.0 Å². The van der Waals surface area contributed by atoms with Gasteiger partial charge in [0, 0.05) is 55.9 Å². The molecule has 3 N–H and O–H groups in total. The number of aromatic nitrogens is 6. The quantitative estimate of drug-likeness (QED) is 0.266. The Morgan fingerprint density at radius 2 is 1.88 bits per heavy atom. The number of nitrogens with one attached hydrogen (secondary N) is 3. The molecular formula is C31H35N9O. The Balaban J connectivity index is 1.16. The molecule has 2 aliphatic rings. The Hall–Kier alpha value is -4.31. The number of anilines is 2. The number of aromatic amines is 2. The van der Waals surface area contributed by atoms with E-state index in [9.17, 15) is 4.79 Å². The van der Waals surface area contributed by atoms with Crippen molar-refractivity contribution in [2.45, 2.75) is 38.5 Å². The van der Waals surface area contributed by atoms with Crippen LogP contribution in [0.2, 0.25) is 0 Å². The normalized spacial score (nSPS) is 17.0. The largest absolute Gasteiger partial charge is 0.367 e. The summed E-state index contributed by atoms with van der Waals surface area (Å²) in [5.74, 6) is 1.24. The van der Waals surface area contributed by atoms with Gasteiger partial charge in [0.1, 0.15) is 11.2 Å². The summed E-state index contributed by atoms with van der Waals surface area (Å²) in [4.78, 5) is 34.8. The third kappa shape index (κ3) is 5.27. The highest BCUT2D eigenvalue weighted by Gasteiger charge is 2.21. The van der Waals surface area contributed by atoms with Crippen LogP contribution in [0.5, 0.6) is 0 Å². The first-order chi connectivity index (χ1) is 20.1. The fourth-order valence-electron chi connectivity index (χ4n) is 6.23. The molecular weight excluding hydrogens is 514 g/mol. The zero-order valence-corrected chi connectivity index (χ0v) is 23.4. The van der Waals surface area contributed by atoms with Crippen LogP contribution in [-0.2, 0) is 4.79 Å². The summed E-state index contributed by atoms with van der Waals surface area (Å²) in [5.41, 5.74) is 7.04. The van der Waals surface area contributed by atoms with Crippen LogP contribution in [-0.4, -0.2) is 74.2 Å². The Bertz CT molecular complexity index is 1690. The van der Waals surface area contributed by atoms with Crippen LogP contribution < -0.4 is 10.2 Å². The van der Waals surface area contributed by atoms with Crippen molar-refractivity contribution in [1.29, 1.82) is 0 Å². The molecule has 1 saturated heterocycles. The van der Waals surface area contributed by atoms with Gasteiger partial charge < -0.3 is 20.1 Å². The number of hydrogen-bond donors (Lipinski definition) is 3. The second kappa shape index (κ2) is 10.9. The average Bonchev–Trinajstić information content (AvgIpc) is 3.62. The van der Waals surface area contributed by atoms with Crippen LogP contribution in [0.3, 0.4) is 0 Å². The van der Waals surface area contributed by atoms with Crippen molar-refractivity contribution in [3.8, 4) is 22.6 Å². The number of likely N-dealkylation sites (N-methyl/N-ethyl adjacent to an activating group) is 1. The lowest BCUT2D eigenvalue weighted by molar-refractivity contribution is -0.117. The Labute approximate surface area is 238 Å². The molecule has 0 atom stereocenters. The first-order valence-corrected chi connectivity index (χ1v) is 14.6. The van der Waals surface area contributed by atoms with Crippen LogP contribution >= 0.6 is 0 Å². The molecule has 5 aromatic rings. The molecule has 10 heteroatoms. The number of carbonyl (C=O) groups excluding carboxylic acids is 1. The number of benzene rings is 1. The van der Waals surface area contributed by atoms with Crippen molar-refractivity contribution in [2.24, 2.45) is 5.92 Å². The number of hydrogen-bond acceptors (Lipinski definition) is 7. The SMILES string of the molecule is CN1CCN(c2ccnc3nc(-c4n[nH]c5ccc(-c6cncc(NC(=O)CC7CCCCC7)c6)cc45)[nH]c23)CC1. The second-order valence-electron chi connectivity index (χ2n) is 11.5. The number of imidazole rings is 1. The molecule has 210 valence electrons. The number of nitrogens with zero attached hydrogens (tertiary/aromatic N) is 6. The van der Waals surface area contributed by atoms with E-state index in [1.54, 1.807) is 6.20 Å².